The lowest BCUT2D eigenvalue weighted by Crippen LogP contribution is -2.61. The number of rotatable bonds is 9. The minimum atomic E-state index is -1.12. The molecule has 8 heteroatoms. The number of hydrogen-bond donors (Lipinski definition) is 1. The second kappa shape index (κ2) is 9.02. The van der Waals surface area contributed by atoms with Gasteiger partial charge in [0.1, 0.15) is 17.6 Å². The number of amides is 2. The molecule has 0 aromatic rings. The van der Waals surface area contributed by atoms with Gasteiger partial charge in [-0.2, -0.15) is 0 Å². The van der Waals surface area contributed by atoms with Crippen LogP contribution < -0.4 is 0 Å². The highest BCUT2D eigenvalue weighted by Gasteiger charge is 2.79. The highest BCUT2D eigenvalue weighted by molar-refractivity contribution is 5.99. The Kier molecular flexibility index (Phi) is 7.02. The van der Waals surface area contributed by atoms with E-state index in [9.17, 15) is 19.5 Å². The van der Waals surface area contributed by atoms with E-state index in [4.69, 9.17) is 9.47 Å². The third kappa shape index (κ3) is 3.70. The van der Waals surface area contributed by atoms with Crippen molar-refractivity contribution >= 4 is 17.8 Å². The highest BCUT2D eigenvalue weighted by atomic mass is 16.6. The van der Waals surface area contributed by atoms with Crippen LogP contribution in [0, 0.1) is 11.8 Å². The van der Waals surface area contributed by atoms with Gasteiger partial charge >= 0.3 is 5.97 Å². The topological polar surface area (TPSA) is 96.4 Å². The van der Waals surface area contributed by atoms with Gasteiger partial charge in [0.2, 0.25) is 11.8 Å². The van der Waals surface area contributed by atoms with Crippen molar-refractivity contribution in [3.63, 3.8) is 0 Å². The molecule has 2 unspecified atom stereocenters. The molecule has 1 N–H and O–H groups in total. The largest absolute Gasteiger partial charge is 0.466 e. The van der Waals surface area contributed by atoms with Gasteiger partial charge in [-0.05, 0) is 53.4 Å². The van der Waals surface area contributed by atoms with Gasteiger partial charge in [-0.1, -0.05) is 19.9 Å². The van der Waals surface area contributed by atoms with Crippen LogP contribution in [0.4, 0.5) is 0 Å². The Hall–Kier alpha value is -1.93. The maximum absolute atomic E-state index is 14.2. The van der Waals surface area contributed by atoms with Crippen LogP contribution in [0.3, 0.4) is 0 Å². The Morgan fingerprint density at radius 1 is 1.33 bits per heavy atom. The highest BCUT2D eigenvalue weighted by Crippen LogP contribution is 2.65. The first-order valence-corrected chi connectivity index (χ1v) is 12.2. The number of aliphatic hydroxyl groups excluding tert-OH is 1. The molecule has 3 saturated heterocycles. The third-order valence-corrected chi connectivity index (χ3v) is 7.86. The van der Waals surface area contributed by atoms with E-state index < -0.39 is 46.6 Å². The molecule has 3 rings (SSSR count). The summed E-state index contributed by atoms with van der Waals surface area (Å²) in [5.74, 6) is -2.53. The summed E-state index contributed by atoms with van der Waals surface area (Å²) in [6.07, 6.45) is 3.80. The molecule has 0 saturated carbocycles. The van der Waals surface area contributed by atoms with Gasteiger partial charge in [-0.15, -0.1) is 6.58 Å². The normalized spacial score (nSPS) is 33.7. The zero-order valence-electron chi connectivity index (χ0n) is 20.9. The molecule has 0 aliphatic carbocycles. The number of aliphatic hydroxyl groups is 1. The minimum absolute atomic E-state index is 0.209. The molecule has 1 spiro atoms. The van der Waals surface area contributed by atoms with Crippen molar-refractivity contribution in [2.45, 2.75) is 96.1 Å². The summed E-state index contributed by atoms with van der Waals surface area (Å²) in [7, 11) is 0. The summed E-state index contributed by atoms with van der Waals surface area (Å²) < 4.78 is 12.1. The summed E-state index contributed by atoms with van der Waals surface area (Å²) in [6.45, 7) is 15.5. The second-order valence-corrected chi connectivity index (χ2v) is 10.5. The molecule has 0 aromatic carbocycles. The first kappa shape index (κ1) is 25.7. The van der Waals surface area contributed by atoms with Crippen LogP contribution in [-0.2, 0) is 23.9 Å². The van der Waals surface area contributed by atoms with E-state index >= 15 is 0 Å². The maximum Gasteiger partial charge on any atom is 0.312 e. The fourth-order valence-corrected chi connectivity index (χ4v) is 6.30. The van der Waals surface area contributed by atoms with Crippen LogP contribution >= 0.6 is 0 Å². The predicted octanol–water partition coefficient (Wildman–Crippen LogP) is 2.29. The summed E-state index contributed by atoms with van der Waals surface area (Å²) in [6, 6.07) is -1.46. The average molecular weight is 465 g/mol. The molecule has 6 atom stereocenters. The van der Waals surface area contributed by atoms with Crippen molar-refractivity contribution in [3.05, 3.63) is 12.7 Å². The number of ether oxygens (including phenoxy) is 2. The van der Waals surface area contributed by atoms with Crippen molar-refractivity contribution in [3.8, 4) is 0 Å². The lowest BCUT2D eigenvalue weighted by molar-refractivity contribution is -0.164. The van der Waals surface area contributed by atoms with Crippen LogP contribution in [0.2, 0.25) is 0 Å². The zero-order chi connectivity index (χ0) is 24.8. The van der Waals surface area contributed by atoms with E-state index in [0.717, 1.165) is 0 Å². The molecule has 186 valence electrons. The first-order valence-electron chi connectivity index (χ1n) is 12.2. The number of esters is 1. The van der Waals surface area contributed by atoms with Gasteiger partial charge in [0.25, 0.3) is 0 Å². The van der Waals surface area contributed by atoms with E-state index in [-0.39, 0.29) is 25.0 Å². The molecule has 33 heavy (non-hydrogen) atoms. The lowest BCUT2D eigenvalue weighted by Gasteiger charge is -2.43. The minimum Gasteiger partial charge on any atom is -0.466 e. The van der Waals surface area contributed by atoms with E-state index in [2.05, 4.69) is 6.58 Å². The van der Waals surface area contributed by atoms with E-state index in [0.29, 0.717) is 32.2 Å². The summed E-state index contributed by atoms with van der Waals surface area (Å²) >= 11 is 0. The Bertz CT molecular complexity index is 803. The zero-order valence-corrected chi connectivity index (χ0v) is 20.9. The molecule has 8 nitrogen and oxygen atoms in total. The Morgan fingerprint density at radius 2 is 2.00 bits per heavy atom. The van der Waals surface area contributed by atoms with Gasteiger partial charge in [-0.3, -0.25) is 14.4 Å². The third-order valence-electron chi connectivity index (χ3n) is 7.86. The number of hydrogen-bond acceptors (Lipinski definition) is 6. The molecule has 0 radical (unpaired) electrons. The SMILES string of the molecule is C=CCN(C(=O)C1N([C@@H](CC)CO)C(=O)[C@@H]2[C@@H](C(=O)OCC)[C@@]3(CC)CCC12O3)C(C)(C)C. The Labute approximate surface area is 197 Å². The summed E-state index contributed by atoms with van der Waals surface area (Å²) in [5, 5.41) is 10.1. The number of nitrogens with zero attached hydrogens (tertiary/aromatic N) is 2. The molecule has 2 amide bonds. The molecule has 3 aliphatic heterocycles. The van der Waals surface area contributed by atoms with Gasteiger partial charge in [0, 0.05) is 12.1 Å². The van der Waals surface area contributed by atoms with Crippen LogP contribution in [-0.4, -0.2) is 81.3 Å². The summed E-state index contributed by atoms with van der Waals surface area (Å²) in [4.78, 5) is 44.6. The van der Waals surface area contributed by atoms with Crippen molar-refractivity contribution < 1.29 is 29.0 Å². The number of carbonyl (C=O) groups is 3. The Morgan fingerprint density at radius 3 is 2.48 bits per heavy atom. The van der Waals surface area contributed by atoms with Crippen molar-refractivity contribution in [2.75, 3.05) is 19.8 Å². The predicted molar refractivity (Wildman–Crippen MR) is 123 cm³/mol. The molecule has 0 aromatic heterocycles. The van der Waals surface area contributed by atoms with Gasteiger partial charge < -0.3 is 24.4 Å². The Balaban J connectivity index is 2.18. The first-order chi connectivity index (χ1) is 15.5. The molecular weight excluding hydrogens is 424 g/mol. The van der Waals surface area contributed by atoms with Crippen LogP contribution in [0.25, 0.3) is 0 Å². The van der Waals surface area contributed by atoms with Crippen LogP contribution in [0.5, 0.6) is 0 Å². The quantitative estimate of drug-likeness (QED) is 0.415. The molecule has 2 bridgehead atoms. The molecule has 3 aliphatic rings. The number of carbonyl (C=O) groups excluding carboxylic acids is 3. The van der Waals surface area contributed by atoms with Crippen LogP contribution in [0.1, 0.15) is 67.2 Å². The number of likely N-dealkylation sites (tertiary alicyclic amines) is 1. The van der Waals surface area contributed by atoms with Crippen molar-refractivity contribution in [2.24, 2.45) is 11.8 Å². The fraction of sp³-hybridized carbons (Fsp3) is 0.800. The molecule has 3 fully saturated rings. The van der Waals surface area contributed by atoms with Crippen molar-refractivity contribution in [1.29, 1.82) is 0 Å². The molecular formula is C25H40N2O6. The van der Waals surface area contributed by atoms with Crippen LogP contribution in [0.15, 0.2) is 12.7 Å². The average Bonchev–Trinajstić information content (AvgIpc) is 3.36. The van der Waals surface area contributed by atoms with E-state index in [1.54, 1.807) is 17.9 Å². The van der Waals surface area contributed by atoms with Gasteiger partial charge in [-0.25, -0.2) is 0 Å². The van der Waals surface area contributed by atoms with Gasteiger partial charge in [0.05, 0.1) is 30.8 Å². The maximum atomic E-state index is 14.2. The van der Waals surface area contributed by atoms with E-state index in [1.165, 1.54) is 4.90 Å². The standard InChI is InChI=1S/C25H40N2O6/c1-8-14-26(23(5,6)7)21(30)19-25-13-12-24(10-3,33-25)18(22(31)32-11-4)17(25)20(29)27(19)16(9-2)15-28/h8,16-19,28H,1,9-15H2,2-7H3/t16-,17-,18-,19?,24+,25?/m0/s1. The van der Waals surface area contributed by atoms with Gasteiger partial charge in [0.15, 0.2) is 0 Å². The summed E-state index contributed by atoms with van der Waals surface area (Å²) in [5.41, 5.74) is -2.45. The van der Waals surface area contributed by atoms with E-state index in [1.807, 2.05) is 34.6 Å². The number of fused-ring (bicyclic) bond motifs is 1. The smallest absolute Gasteiger partial charge is 0.312 e. The molecule has 3 heterocycles. The second-order valence-electron chi connectivity index (χ2n) is 10.5. The lowest BCUT2D eigenvalue weighted by atomic mass is 9.65. The fourth-order valence-electron chi connectivity index (χ4n) is 6.30. The van der Waals surface area contributed by atoms with Crippen molar-refractivity contribution in [1.82, 2.24) is 9.80 Å². The monoisotopic (exact) mass is 464 g/mol.